The Labute approximate surface area is 235 Å². The van der Waals surface area contributed by atoms with Crippen molar-refractivity contribution in [1.29, 1.82) is 0 Å². The fraction of sp³-hybridized carbons (Fsp3) is 0.233. The molecule has 40 heavy (non-hydrogen) atoms. The van der Waals surface area contributed by atoms with Crippen molar-refractivity contribution >= 4 is 29.5 Å². The molecule has 0 aliphatic carbocycles. The first-order valence-electron chi connectivity index (χ1n) is 12.8. The van der Waals surface area contributed by atoms with Crippen LogP contribution in [0, 0.1) is 0 Å². The lowest BCUT2D eigenvalue weighted by Gasteiger charge is -2.49. The van der Waals surface area contributed by atoms with Crippen LogP contribution in [-0.2, 0) is 27.5 Å². The Balaban J connectivity index is 1.37. The number of aliphatic hydroxyl groups excluding tert-OH is 2. The quantitative estimate of drug-likeness (QED) is 0.231. The summed E-state index contributed by atoms with van der Waals surface area (Å²) in [6, 6.07) is 22.5. The summed E-state index contributed by atoms with van der Waals surface area (Å²) in [7, 11) is 0. The number of aliphatic hydroxyl groups is 2. The molecule has 1 saturated heterocycles. The second kappa shape index (κ2) is 12.1. The third-order valence-electron chi connectivity index (χ3n) is 6.96. The number of rotatable bonds is 9. The number of nitrogens with two attached hydrogens (primary N) is 1. The van der Waals surface area contributed by atoms with Crippen LogP contribution in [0.5, 0.6) is 0 Å². The molecule has 3 aromatic rings. The lowest BCUT2D eigenvalue weighted by molar-refractivity contribution is -0.153. The van der Waals surface area contributed by atoms with E-state index in [-0.39, 0.29) is 18.8 Å². The van der Waals surface area contributed by atoms with E-state index in [9.17, 15) is 24.6 Å². The second-order valence-corrected chi connectivity index (χ2v) is 10.5. The maximum Gasteiger partial charge on any atom is 0.356 e. The molecule has 2 aliphatic heterocycles. The zero-order chi connectivity index (χ0) is 28.2. The fourth-order valence-electron chi connectivity index (χ4n) is 4.90. The monoisotopic (exact) mass is 559 g/mol. The van der Waals surface area contributed by atoms with Gasteiger partial charge in [-0.05, 0) is 33.9 Å². The minimum absolute atomic E-state index is 0.00792. The van der Waals surface area contributed by atoms with E-state index in [1.54, 1.807) is 18.2 Å². The molecule has 5 N–H and O–H groups in total. The van der Waals surface area contributed by atoms with Crippen molar-refractivity contribution in [2.75, 3.05) is 12.4 Å². The number of benzene rings is 3. The number of esters is 1. The van der Waals surface area contributed by atoms with Crippen LogP contribution in [0.1, 0.15) is 38.7 Å². The Bertz CT molecular complexity index is 1410. The number of hydrogen-bond acceptors (Lipinski definition) is 8. The minimum Gasteiger partial charge on any atom is -0.448 e. The SMILES string of the molecule is NCc1cc(CO)ccc1C(=O)NC1C(=O)N2C(C(=O)OC(c3ccccc3)c3ccccc3)=C(CO)CS[C@H]12. The maximum atomic E-state index is 13.6. The van der Waals surface area contributed by atoms with Crippen molar-refractivity contribution in [2.45, 2.75) is 30.7 Å². The van der Waals surface area contributed by atoms with Gasteiger partial charge in [0.1, 0.15) is 17.1 Å². The first kappa shape index (κ1) is 27.6. The number of β-lactam (4-membered cyclic amide) rings is 1. The molecule has 9 nitrogen and oxygen atoms in total. The summed E-state index contributed by atoms with van der Waals surface area (Å²) >= 11 is 1.35. The van der Waals surface area contributed by atoms with Crippen molar-refractivity contribution in [1.82, 2.24) is 10.2 Å². The molecule has 206 valence electrons. The molecular formula is C30H29N3O6S. The Kier molecular flexibility index (Phi) is 8.32. The lowest BCUT2D eigenvalue weighted by Crippen LogP contribution is -2.70. The smallest absolute Gasteiger partial charge is 0.356 e. The van der Waals surface area contributed by atoms with Gasteiger partial charge in [0.05, 0.1) is 13.2 Å². The van der Waals surface area contributed by atoms with Crippen molar-refractivity contribution in [2.24, 2.45) is 5.73 Å². The molecular weight excluding hydrogens is 530 g/mol. The summed E-state index contributed by atoms with van der Waals surface area (Å²) in [5.41, 5.74) is 9.20. The van der Waals surface area contributed by atoms with Gasteiger partial charge in [0, 0.05) is 17.9 Å². The second-order valence-electron chi connectivity index (χ2n) is 9.43. The maximum absolute atomic E-state index is 13.6. The highest BCUT2D eigenvalue weighted by molar-refractivity contribution is 8.00. The van der Waals surface area contributed by atoms with E-state index >= 15 is 0 Å². The molecule has 0 saturated carbocycles. The molecule has 0 spiro atoms. The number of thioether (sulfide) groups is 1. The van der Waals surface area contributed by atoms with Gasteiger partial charge in [0.2, 0.25) is 0 Å². The summed E-state index contributed by atoms with van der Waals surface area (Å²) < 4.78 is 6.00. The Morgan fingerprint density at radius 2 is 1.65 bits per heavy atom. The normalized spacial score (nSPS) is 18.3. The van der Waals surface area contributed by atoms with Gasteiger partial charge in [-0.2, -0.15) is 0 Å². The van der Waals surface area contributed by atoms with E-state index in [1.807, 2.05) is 60.7 Å². The number of nitrogens with one attached hydrogen (secondary N) is 1. The van der Waals surface area contributed by atoms with E-state index < -0.39 is 41.9 Å². The van der Waals surface area contributed by atoms with Gasteiger partial charge in [-0.25, -0.2) is 4.79 Å². The zero-order valence-electron chi connectivity index (χ0n) is 21.5. The van der Waals surface area contributed by atoms with Gasteiger partial charge in [-0.15, -0.1) is 11.8 Å². The van der Waals surface area contributed by atoms with Crippen LogP contribution >= 0.6 is 11.8 Å². The number of fused-ring (bicyclic) bond motifs is 1. The molecule has 0 bridgehead atoms. The first-order chi connectivity index (χ1) is 19.5. The minimum atomic E-state index is -0.872. The summed E-state index contributed by atoms with van der Waals surface area (Å²) in [6.45, 7) is -0.511. The molecule has 2 atom stereocenters. The summed E-state index contributed by atoms with van der Waals surface area (Å²) in [4.78, 5) is 41.4. The zero-order valence-corrected chi connectivity index (χ0v) is 22.3. The van der Waals surface area contributed by atoms with Crippen molar-refractivity contribution in [3.05, 3.63) is 118 Å². The van der Waals surface area contributed by atoms with Gasteiger partial charge in [0.25, 0.3) is 11.8 Å². The van der Waals surface area contributed by atoms with E-state index in [2.05, 4.69) is 5.32 Å². The highest BCUT2D eigenvalue weighted by Crippen LogP contribution is 2.41. The van der Waals surface area contributed by atoms with Crippen molar-refractivity contribution < 1.29 is 29.3 Å². The summed E-state index contributed by atoms with van der Waals surface area (Å²) in [5, 5.41) is 21.7. The highest BCUT2D eigenvalue weighted by atomic mass is 32.2. The third-order valence-corrected chi connectivity index (χ3v) is 8.30. The average molecular weight is 560 g/mol. The van der Waals surface area contributed by atoms with Crippen LogP contribution in [0.15, 0.2) is 90.1 Å². The standard InChI is InChI=1S/C30H29N3O6S/c31-14-21-13-18(15-34)11-12-23(21)27(36)32-24-28(37)33-25(22(16-35)17-40-29(24)33)30(38)39-26(19-7-3-1-4-8-19)20-9-5-2-6-10-20/h1-13,24,26,29,34-35H,14-17,31H2,(H,32,36)/t24?,29-/m1/s1. The number of carbonyl (C=O) groups excluding carboxylic acids is 3. The van der Waals surface area contributed by atoms with Crippen molar-refractivity contribution in [3.63, 3.8) is 0 Å². The molecule has 0 aromatic heterocycles. The summed E-state index contributed by atoms with van der Waals surface area (Å²) in [5.74, 6) is -1.38. The predicted octanol–water partition coefficient (Wildman–Crippen LogP) is 2.23. The van der Waals surface area contributed by atoms with Gasteiger partial charge in [-0.3, -0.25) is 14.5 Å². The molecule has 0 radical (unpaired) electrons. The Morgan fingerprint density at radius 3 is 2.23 bits per heavy atom. The highest BCUT2D eigenvalue weighted by Gasteiger charge is 2.54. The molecule has 1 fully saturated rings. The largest absolute Gasteiger partial charge is 0.448 e. The van der Waals surface area contributed by atoms with Crippen LogP contribution in [-0.4, -0.2) is 56.7 Å². The number of hydrogen-bond donors (Lipinski definition) is 4. The fourth-order valence-corrected chi connectivity index (χ4v) is 6.23. The third kappa shape index (κ3) is 5.26. The predicted molar refractivity (Wildman–Crippen MR) is 150 cm³/mol. The molecule has 5 rings (SSSR count). The number of carbonyl (C=O) groups is 3. The van der Waals surface area contributed by atoms with E-state index in [1.165, 1.54) is 16.7 Å². The van der Waals surface area contributed by atoms with Gasteiger partial charge in [-0.1, -0.05) is 72.8 Å². The van der Waals surface area contributed by atoms with Gasteiger partial charge in [0.15, 0.2) is 6.10 Å². The Hall–Kier alpha value is -3.96. The average Bonchev–Trinajstić information content (AvgIpc) is 3.01. The van der Waals surface area contributed by atoms with Crippen molar-refractivity contribution in [3.8, 4) is 0 Å². The number of amides is 2. The first-order valence-corrected chi connectivity index (χ1v) is 13.8. The number of nitrogens with zero attached hydrogens (tertiary/aromatic N) is 1. The topological polar surface area (TPSA) is 142 Å². The molecule has 2 heterocycles. The van der Waals surface area contributed by atoms with Crippen LogP contribution < -0.4 is 11.1 Å². The van der Waals surface area contributed by atoms with Crippen LogP contribution in [0.2, 0.25) is 0 Å². The molecule has 2 aliphatic rings. The van der Waals surface area contributed by atoms with Crippen LogP contribution in [0.3, 0.4) is 0 Å². The van der Waals surface area contributed by atoms with Crippen LogP contribution in [0.25, 0.3) is 0 Å². The summed E-state index contributed by atoms with van der Waals surface area (Å²) in [6.07, 6.45) is -0.723. The Morgan fingerprint density at radius 1 is 1.00 bits per heavy atom. The van der Waals surface area contributed by atoms with Gasteiger partial charge >= 0.3 is 5.97 Å². The lowest BCUT2D eigenvalue weighted by atomic mass is 9.99. The van der Waals surface area contributed by atoms with E-state index in [0.29, 0.717) is 28.0 Å². The molecule has 2 amide bonds. The van der Waals surface area contributed by atoms with E-state index in [0.717, 1.165) is 11.1 Å². The van der Waals surface area contributed by atoms with Crippen LogP contribution in [0.4, 0.5) is 0 Å². The molecule has 10 heteroatoms. The van der Waals surface area contributed by atoms with E-state index in [4.69, 9.17) is 10.5 Å². The number of ether oxygens (including phenoxy) is 1. The molecule has 1 unspecified atom stereocenters. The molecule has 3 aromatic carbocycles. The van der Waals surface area contributed by atoms with Gasteiger partial charge < -0.3 is 26.0 Å².